The monoisotopic (exact) mass is 413 g/mol. The van der Waals surface area contributed by atoms with Crippen molar-refractivity contribution >= 4 is 5.91 Å². The summed E-state index contributed by atoms with van der Waals surface area (Å²) < 4.78 is 25.9. The highest BCUT2D eigenvalue weighted by atomic mass is 19.1. The molecule has 0 bridgehead atoms. The van der Waals surface area contributed by atoms with Gasteiger partial charge in [-0.2, -0.15) is 0 Å². The first-order chi connectivity index (χ1) is 14.5. The van der Waals surface area contributed by atoms with Crippen molar-refractivity contribution in [2.24, 2.45) is 5.73 Å². The Labute approximate surface area is 176 Å². The number of rotatable bonds is 6. The van der Waals surface area contributed by atoms with Crippen LogP contribution in [0.5, 0.6) is 11.5 Å². The van der Waals surface area contributed by atoms with E-state index in [1.54, 1.807) is 0 Å². The highest BCUT2D eigenvalue weighted by molar-refractivity contribution is 5.95. The molecular formula is C23H28FN3O3. The van der Waals surface area contributed by atoms with Crippen LogP contribution in [-0.2, 0) is 11.2 Å². The standard InChI is InChI=1S/C23H28FN3O3/c1-15-12-27-13-17(10-18(27)14-29-15)26-23(28)21-11-20(6-7-22(21)24)30-19-4-2-16(3-5-19)8-9-25/h2-7,11,15,17-18H,8-10,12-14,25H2,1H3,(H,26,28)/t15-,17-,18+/m1/s1. The maximum atomic E-state index is 14.4. The number of fused-ring (bicyclic) bond motifs is 1. The van der Waals surface area contributed by atoms with Crippen molar-refractivity contribution in [3.63, 3.8) is 0 Å². The number of carbonyl (C=O) groups is 1. The number of nitrogens with one attached hydrogen (secondary N) is 1. The number of morpholine rings is 1. The van der Waals surface area contributed by atoms with Gasteiger partial charge in [0.2, 0.25) is 0 Å². The van der Waals surface area contributed by atoms with Gasteiger partial charge in [-0.1, -0.05) is 12.1 Å². The molecule has 1 amide bonds. The van der Waals surface area contributed by atoms with Crippen molar-refractivity contribution in [1.82, 2.24) is 10.2 Å². The van der Waals surface area contributed by atoms with E-state index in [0.29, 0.717) is 30.7 Å². The maximum Gasteiger partial charge on any atom is 0.254 e. The van der Waals surface area contributed by atoms with Crippen LogP contribution in [0.2, 0.25) is 0 Å². The Morgan fingerprint density at radius 1 is 1.23 bits per heavy atom. The van der Waals surface area contributed by atoms with E-state index in [9.17, 15) is 9.18 Å². The first-order valence-electron chi connectivity index (χ1n) is 10.4. The lowest BCUT2D eigenvalue weighted by molar-refractivity contribution is -0.0390. The molecule has 3 atom stereocenters. The Morgan fingerprint density at radius 2 is 2.00 bits per heavy atom. The van der Waals surface area contributed by atoms with Gasteiger partial charge in [0.15, 0.2) is 0 Å². The number of nitrogens with zero attached hydrogens (tertiary/aromatic N) is 1. The van der Waals surface area contributed by atoms with Crippen molar-refractivity contribution in [3.8, 4) is 11.5 Å². The Hall–Kier alpha value is -2.48. The van der Waals surface area contributed by atoms with Crippen LogP contribution in [0.25, 0.3) is 0 Å². The zero-order valence-corrected chi connectivity index (χ0v) is 17.1. The van der Waals surface area contributed by atoms with E-state index in [0.717, 1.165) is 31.5 Å². The molecule has 0 aromatic heterocycles. The van der Waals surface area contributed by atoms with E-state index in [4.69, 9.17) is 15.2 Å². The van der Waals surface area contributed by atoms with Gasteiger partial charge in [0.1, 0.15) is 17.3 Å². The molecule has 160 valence electrons. The molecule has 2 aromatic rings. The van der Waals surface area contributed by atoms with Crippen molar-refractivity contribution in [2.75, 3.05) is 26.2 Å². The van der Waals surface area contributed by atoms with Gasteiger partial charge < -0.3 is 20.5 Å². The molecule has 2 aliphatic rings. The maximum absolute atomic E-state index is 14.4. The molecule has 3 N–H and O–H groups in total. The second-order valence-electron chi connectivity index (χ2n) is 8.08. The van der Waals surface area contributed by atoms with Gasteiger partial charge in [-0.15, -0.1) is 0 Å². The van der Waals surface area contributed by atoms with E-state index >= 15 is 0 Å². The third-order valence-electron chi connectivity index (χ3n) is 5.70. The van der Waals surface area contributed by atoms with Gasteiger partial charge in [0, 0.05) is 25.2 Å². The second kappa shape index (κ2) is 9.12. The Kier molecular flexibility index (Phi) is 6.32. The van der Waals surface area contributed by atoms with Crippen LogP contribution < -0.4 is 15.8 Å². The minimum absolute atomic E-state index is 0.0123. The van der Waals surface area contributed by atoms with E-state index in [2.05, 4.69) is 17.1 Å². The van der Waals surface area contributed by atoms with E-state index in [1.807, 2.05) is 24.3 Å². The lowest BCUT2D eigenvalue weighted by atomic mass is 10.1. The number of halogens is 1. The fraction of sp³-hybridized carbons (Fsp3) is 0.435. The molecule has 2 fully saturated rings. The molecule has 30 heavy (non-hydrogen) atoms. The van der Waals surface area contributed by atoms with Crippen molar-refractivity contribution in [2.45, 2.75) is 38.0 Å². The highest BCUT2D eigenvalue weighted by Gasteiger charge is 2.37. The first kappa shape index (κ1) is 20.8. The summed E-state index contributed by atoms with van der Waals surface area (Å²) in [6.07, 6.45) is 1.81. The number of hydrogen-bond acceptors (Lipinski definition) is 5. The molecule has 2 aromatic carbocycles. The van der Waals surface area contributed by atoms with Crippen LogP contribution in [0.3, 0.4) is 0 Å². The Bertz CT molecular complexity index is 890. The van der Waals surface area contributed by atoms with E-state index in [1.165, 1.54) is 18.2 Å². The van der Waals surface area contributed by atoms with Crippen molar-refractivity contribution in [1.29, 1.82) is 0 Å². The van der Waals surface area contributed by atoms with Crippen molar-refractivity contribution < 1.29 is 18.7 Å². The second-order valence-corrected chi connectivity index (χ2v) is 8.08. The quantitative estimate of drug-likeness (QED) is 0.762. The minimum atomic E-state index is -0.564. The predicted molar refractivity (Wildman–Crippen MR) is 112 cm³/mol. The Morgan fingerprint density at radius 3 is 2.77 bits per heavy atom. The summed E-state index contributed by atoms with van der Waals surface area (Å²) in [7, 11) is 0. The van der Waals surface area contributed by atoms with Gasteiger partial charge >= 0.3 is 0 Å². The summed E-state index contributed by atoms with van der Waals surface area (Å²) in [6, 6.07) is 12.1. The number of carbonyl (C=O) groups excluding carboxylic acids is 1. The number of hydrogen-bond donors (Lipinski definition) is 2. The van der Waals surface area contributed by atoms with Gasteiger partial charge in [0.05, 0.1) is 18.3 Å². The normalized spacial score (nSPS) is 23.8. The van der Waals surface area contributed by atoms with Crippen LogP contribution in [0.4, 0.5) is 4.39 Å². The van der Waals surface area contributed by atoms with Crippen LogP contribution in [0.15, 0.2) is 42.5 Å². The predicted octanol–water partition coefficient (Wildman–Crippen LogP) is 2.71. The molecule has 0 radical (unpaired) electrons. The number of nitrogens with two attached hydrogens (primary N) is 1. The zero-order valence-electron chi connectivity index (χ0n) is 17.1. The fourth-order valence-corrected chi connectivity index (χ4v) is 4.18. The van der Waals surface area contributed by atoms with Crippen LogP contribution >= 0.6 is 0 Å². The third kappa shape index (κ3) is 4.80. The molecule has 0 spiro atoms. The number of amides is 1. The van der Waals surface area contributed by atoms with Gasteiger partial charge in [0.25, 0.3) is 5.91 Å². The van der Waals surface area contributed by atoms with E-state index in [-0.39, 0.29) is 17.7 Å². The fourth-order valence-electron chi connectivity index (χ4n) is 4.18. The smallest absolute Gasteiger partial charge is 0.254 e. The lowest BCUT2D eigenvalue weighted by Gasteiger charge is -2.33. The SMILES string of the molecule is C[C@@H]1CN2C[C@H](NC(=O)c3cc(Oc4ccc(CCN)cc4)ccc3F)C[C@H]2CO1. The third-order valence-corrected chi connectivity index (χ3v) is 5.70. The highest BCUT2D eigenvalue weighted by Crippen LogP contribution is 2.26. The van der Waals surface area contributed by atoms with Gasteiger partial charge in [-0.25, -0.2) is 4.39 Å². The molecule has 4 rings (SSSR count). The average molecular weight is 413 g/mol. The summed E-state index contributed by atoms with van der Waals surface area (Å²) in [4.78, 5) is 15.1. The summed E-state index contributed by atoms with van der Waals surface area (Å²) in [5, 5.41) is 2.98. The van der Waals surface area contributed by atoms with Crippen LogP contribution in [-0.4, -0.2) is 55.2 Å². The summed E-state index contributed by atoms with van der Waals surface area (Å²) in [5.41, 5.74) is 6.68. The summed E-state index contributed by atoms with van der Waals surface area (Å²) >= 11 is 0. The molecule has 0 saturated carbocycles. The van der Waals surface area contributed by atoms with Gasteiger partial charge in [-0.3, -0.25) is 9.69 Å². The molecule has 6 nitrogen and oxygen atoms in total. The van der Waals surface area contributed by atoms with Crippen molar-refractivity contribution in [3.05, 3.63) is 59.4 Å². The summed E-state index contributed by atoms with van der Waals surface area (Å²) in [6.45, 7) is 4.93. The molecule has 2 heterocycles. The first-order valence-corrected chi connectivity index (χ1v) is 10.4. The molecular weight excluding hydrogens is 385 g/mol. The largest absolute Gasteiger partial charge is 0.457 e. The van der Waals surface area contributed by atoms with E-state index < -0.39 is 11.7 Å². The number of benzene rings is 2. The van der Waals surface area contributed by atoms with Crippen LogP contribution in [0, 0.1) is 5.82 Å². The molecule has 0 unspecified atom stereocenters. The lowest BCUT2D eigenvalue weighted by Crippen LogP contribution is -2.45. The average Bonchev–Trinajstić information content (AvgIpc) is 3.12. The Balaban J connectivity index is 1.40. The molecule has 0 aliphatic carbocycles. The summed E-state index contributed by atoms with van der Waals surface area (Å²) in [5.74, 6) is 0.0515. The topological polar surface area (TPSA) is 76.8 Å². The zero-order chi connectivity index (χ0) is 21.1. The van der Waals surface area contributed by atoms with Crippen LogP contribution in [0.1, 0.15) is 29.3 Å². The van der Waals surface area contributed by atoms with Gasteiger partial charge in [-0.05, 0) is 62.2 Å². The molecule has 2 aliphatic heterocycles. The molecule has 7 heteroatoms. The minimum Gasteiger partial charge on any atom is -0.457 e. The molecule has 2 saturated heterocycles. The number of ether oxygens (including phenoxy) is 2.